The minimum absolute atomic E-state index is 0.0150. The van der Waals surface area contributed by atoms with Gasteiger partial charge in [0.2, 0.25) is 0 Å². The van der Waals surface area contributed by atoms with Gasteiger partial charge in [-0.05, 0) is 18.2 Å². The van der Waals surface area contributed by atoms with E-state index in [1.165, 1.54) is 0 Å². The molecule has 0 aliphatic heterocycles. The van der Waals surface area contributed by atoms with E-state index in [0.29, 0.717) is 18.1 Å². The van der Waals surface area contributed by atoms with E-state index in [4.69, 9.17) is 15.6 Å². The summed E-state index contributed by atoms with van der Waals surface area (Å²) in [6, 6.07) is 5.44. The van der Waals surface area contributed by atoms with Crippen LogP contribution in [-0.4, -0.2) is 28.8 Å². The first-order valence-corrected chi connectivity index (χ1v) is 4.95. The summed E-state index contributed by atoms with van der Waals surface area (Å²) in [5, 5.41) is 9.59. The third-order valence-electron chi connectivity index (χ3n) is 2.31. The van der Waals surface area contributed by atoms with E-state index in [-0.39, 0.29) is 6.61 Å². The van der Waals surface area contributed by atoms with E-state index in [1.54, 1.807) is 13.2 Å². The average molecular weight is 219 g/mol. The lowest BCUT2D eigenvalue weighted by molar-refractivity contribution is 0.297. The number of methoxy groups -OCH3 is 1. The van der Waals surface area contributed by atoms with Gasteiger partial charge in [0, 0.05) is 11.8 Å². The second-order valence-electron chi connectivity index (χ2n) is 3.38. The molecule has 2 rings (SSSR count). The maximum atomic E-state index is 8.82. The Kier molecular flexibility index (Phi) is 2.87. The van der Waals surface area contributed by atoms with E-state index in [0.717, 1.165) is 16.7 Å². The first-order chi connectivity index (χ1) is 7.74. The molecule has 0 bridgehead atoms. The van der Waals surface area contributed by atoms with Crippen molar-refractivity contribution in [2.45, 2.75) is 6.42 Å². The summed E-state index contributed by atoms with van der Waals surface area (Å²) in [5.41, 5.74) is 6.58. The van der Waals surface area contributed by atoms with Crippen LogP contribution in [0.2, 0.25) is 0 Å². The lowest BCUT2D eigenvalue weighted by Crippen LogP contribution is -2.03. The van der Waals surface area contributed by atoms with Gasteiger partial charge in [-0.1, -0.05) is 0 Å². The van der Waals surface area contributed by atoms with Crippen molar-refractivity contribution in [2.24, 2.45) is 0 Å². The number of benzene rings is 1. The zero-order valence-corrected chi connectivity index (χ0v) is 8.97. The van der Waals surface area contributed by atoms with Crippen molar-refractivity contribution < 1.29 is 9.84 Å². The lowest BCUT2D eigenvalue weighted by Gasteiger charge is -2.06. The van der Waals surface area contributed by atoms with Crippen LogP contribution in [0.25, 0.3) is 10.9 Å². The van der Waals surface area contributed by atoms with Crippen LogP contribution in [0.4, 0.5) is 5.82 Å². The summed E-state index contributed by atoms with van der Waals surface area (Å²) < 4.78 is 5.10. The molecule has 0 radical (unpaired) electrons. The quantitative estimate of drug-likeness (QED) is 0.796. The van der Waals surface area contributed by atoms with Crippen LogP contribution in [0.15, 0.2) is 18.2 Å². The Bertz CT molecular complexity index is 514. The number of fused-ring (bicyclic) bond motifs is 1. The molecule has 2 aromatic rings. The lowest BCUT2D eigenvalue weighted by atomic mass is 10.2. The van der Waals surface area contributed by atoms with E-state index >= 15 is 0 Å². The van der Waals surface area contributed by atoms with Crippen molar-refractivity contribution in [2.75, 3.05) is 19.5 Å². The first kappa shape index (κ1) is 10.6. The molecule has 0 spiro atoms. The van der Waals surface area contributed by atoms with Gasteiger partial charge in [-0.15, -0.1) is 0 Å². The fourth-order valence-electron chi connectivity index (χ4n) is 1.52. The molecule has 0 unspecified atom stereocenters. The predicted molar refractivity (Wildman–Crippen MR) is 61.3 cm³/mol. The van der Waals surface area contributed by atoms with Crippen molar-refractivity contribution in [1.82, 2.24) is 9.97 Å². The first-order valence-electron chi connectivity index (χ1n) is 4.95. The number of aliphatic hydroxyl groups is 1. The van der Waals surface area contributed by atoms with Gasteiger partial charge < -0.3 is 15.6 Å². The minimum atomic E-state index is 0.0150. The van der Waals surface area contributed by atoms with Crippen molar-refractivity contribution in [3.05, 3.63) is 24.0 Å². The molecule has 0 saturated heterocycles. The van der Waals surface area contributed by atoms with E-state index in [2.05, 4.69) is 9.97 Å². The zero-order valence-electron chi connectivity index (χ0n) is 8.97. The van der Waals surface area contributed by atoms with Crippen LogP contribution >= 0.6 is 0 Å². The number of aliphatic hydroxyl groups excluding tert-OH is 1. The molecule has 5 nitrogen and oxygen atoms in total. The van der Waals surface area contributed by atoms with Gasteiger partial charge in [-0.3, -0.25) is 0 Å². The number of hydrogen-bond acceptors (Lipinski definition) is 5. The predicted octanol–water partition coefficient (Wildman–Crippen LogP) is 0.755. The third-order valence-corrected chi connectivity index (χ3v) is 2.31. The molecule has 0 aliphatic carbocycles. The highest BCUT2D eigenvalue weighted by atomic mass is 16.5. The molecule has 0 atom stereocenters. The molecule has 0 amide bonds. The smallest absolute Gasteiger partial charge is 0.135 e. The SMILES string of the molecule is COc1ccc2nc(CCO)nc(N)c2c1. The molecule has 16 heavy (non-hydrogen) atoms. The number of aromatic nitrogens is 2. The Labute approximate surface area is 92.9 Å². The molecule has 84 valence electrons. The Morgan fingerprint density at radius 1 is 1.38 bits per heavy atom. The van der Waals surface area contributed by atoms with Crippen molar-refractivity contribution in [1.29, 1.82) is 0 Å². The Morgan fingerprint density at radius 3 is 2.88 bits per heavy atom. The van der Waals surface area contributed by atoms with Gasteiger partial charge in [0.1, 0.15) is 17.4 Å². The fourth-order valence-corrected chi connectivity index (χ4v) is 1.52. The summed E-state index contributed by atoms with van der Waals surface area (Å²) in [5.74, 6) is 1.68. The summed E-state index contributed by atoms with van der Waals surface area (Å²) in [6.07, 6.45) is 0.409. The van der Waals surface area contributed by atoms with Gasteiger partial charge in [0.05, 0.1) is 19.2 Å². The summed E-state index contributed by atoms with van der Waals surface area (Å²) in [6.45, 7) is 0.0150. The maximum Gasteiger partial charge on any atom is 0.135 e. The highest BCUT2D eigenvalue weighted by molar-refractivity contribution is 5.89. The number of hydrogen-bond donors (Lipinski definition) is 2. The minimum Gasteiger partial charge on any atom is -0.497 e. The fraction of sp³-hybridized carbons (Fsp3) is 0.273. The van der Waals surface area contributed by atoms with E-state index < -0.39 is 0 Å². The standard InChI is InChI=1S/C11H13N3O2/c1-16-7-2-3-9-8(6-7)11(12)14-10(13-9)4-5-15/h2-3,6,15H,4-5H2,1H3,(H2,12,13,14). The van der Waals surface area contributed by atoms with E-state index in [1.807, 2.05) is 12.1 Å². The molecular formula is C11H13N3O2. The van der Waals surface area contributed by atoms with Gasteiger partial charge in [0.15, 0.2) is 0 Å². The van der Waals surface area contributed by atoms with Gasteiger partial charge in [-0.25, -0.2) is 9.97 Å². The second-order valence-corrected chi connectivity index (χ2v) is 3.38. The molecule has 5 heteroatoms. The summed E-state index contributed by atoms with van der Waals surface area (Å²) >= 11 is 0. The summed E-state index contributed by atoms with van der Waals surface area (Å²) in [7, 11) is 1.60. The highest BCUT2D eigenvalue weighted by Gasteiger charge is 2.05. The molecule has 0 saturated carbocycles. The number of anilines is 1. The van der Waals surface area contributed by atoms with Gasteiger partial charge in [-0.2, -0.15) is 0 Å². The normalized spacial score (nSPS) is 10.6. The van der Waals surface area contributed by atoms with E-state index in [9.17, 15) is 0 Å². The Morgan fingerprint density at radius 2 is 2.19 bits per heavy atom. The Hall–Kier alpha value is -1.88. The van der Waals surface area contributed by atoms with Crippen LogP contribution in [-0.2, 0) is 6.42 Å². The zero-order chi connectivity index (χ0) is 11.5. The van der Waals surface area contributed by atoms with Crippen molar-refractivity contribution >= 4 is 16.7 Å². The molecular weight excluding hydrogens is 206 g/mol. The maximum absolute atomic E-state index is 8.82. The van der Waals surface area contributed by atoms with Crippen LogP contribution in [0, 0.1) is 0 Å². The number of rotatable bonds is 3. The average Bonchev–Trinajstić information content (AvgIpc) is 2.29. The van der Waals surface area contributed by atoms with Gasteiger partial charge in [0.25, 0.3) is 0 Å². The topological polar surface area (TPSA) is 81.3 Å². The number of nitrogen functional groups attached to an aromatic ring is 1. The van der Waals surface area contributed by atoms with Gasteiger partial charge >= 0.3 is 0 Å². The molecule has 1 heterocycles. The highest BCUT2D eigenvalue weighted by Crippen LogP contribution is 2.23. The molecule has 0 aliphatic rings. The number of nitrogens with two attached hydrogens (primary N) is 1. The second kappa shape index (κ2) is 4.32. The van der Waals surface area contributed by atoms with Crippen LogP contribution < -0.4 is 10.5 Å². The largest absolute Gasteiger partial charge is 0.497 e. The molecule has 1 aromatic carbocycles. The van der Waals surface area contributed by atoms with Crippen LogP contribution in [0.5, 0.6) is 5.75 Å². The van der Waals surface area contributed by atoms with Crippen molar-refractivity contribution in [3.63, 3.8) is 0 Å². The Balaban J connectivity index is 2.57. The third kappa shape index (κ3) is 1.90. The molecule has 0 fully saturated rings. The van der Waals surface area contributed by atoms with Crippen LogP contribution in [0.1, 0.15) is 5.82 Å². The van der Waals surface area contributed by atoms with Crippen molar-refractivity contribution in [3.8, 4) is 5.75 Å². The molecule has 3 N–H and O–H groups in total. The monoisotopic (exact) mass is 219 g/mol. The summed E-state index contributed by atoms with van der Waals surface area (Å²) in [4.78, 5) is 8.41. The number of nitrogens with zero attached hydrogens (tertiary/aromatic N) is 2. The molecule has 1 aromatic heterocycles. The number of ether oxygens (including phenoxy) is 1. The van der Waals surface area contributed by atoms with Crippen LogP contribution in [0.3, 0.4) is 0 Å².